The standard InChI is InChI=1S/C19H15FN4OS/c20-16-6-1-14(2-7-16)5-10-18-22-19(24-23-18)26-12-11-25-17-8-3-15(13-21)4-9-17/h1-10H,11-12H2,(H,22,23,24)/b10-5+. The Balaban J connectivity index is 1.44. The summed E-state index contributed by atoms with van der Waals surface area (Å²) in [6, 6.07) is 15.3. The monoisotopic (exact) mass is 366 g/mol. The maximum Gasteiger partial charge on any atom is 0.208 e. The Morgan fingerprint density at radius 1 is 1.12 bits per heavy atom. The van der Waals surface area contributed by atoms with Crippen molar-refractivity contribution in [3.8, 4) is 11.8 Å². The lowest BCUT2D eigenvalue weighted by atomic mass is 10.2. The third-order valence-corrected chi connectivity index (χ3v) is 4.16. The van der Waals surface area contributed by atoms with E-state index in [9.17, 15) is 4.39 Å². The highest BCUT2D eigenvalue weighted by Gasteiger charge is 2.02. The summed E-state index contributed by atoms with van der Waals surface area (Å²) < 4.78 is 18.5. The number of thioether (sulfide) groups is 1. The Morgan fingerprint density at radius 2 is 1.88 bits per heavy atom. The number of benzene rings is 2. The van der Waals surface area contributed by atoms with Crippen LogP contribution in [0.4, 0.5) is 4.39 Å². The van der Waals surface area contributed by atoms with Gasteiger partial charge in [0, 0.05) is 5.75 Å². The van der Waals surface area contributed by atoms with Gasteiger partial charge in [0.15, 0.2) is 0 Å². The predicted octanol–water partition coefficient (Wildman–Crippen LogP) is 4.16. The number of rotatable bonds is 7. The van der Waals surface area contributed by atoms with Crippen LogP contribution in [-0.2, 0) is 0 Å². The van der Waals surface area contributed by atoms with E-state index < -0.39 is 0 Å². The first-order chi connectivity index (χ1) is 12.7. The molecule has 0 radical (unpaired) electrons. The van der Waals surface area contributed by atoms with Gasteiger partial charge in [0.2, 0.25) is 5.16 Å². The zero-order valence-electron chi connectivity index (χ0n) is 13.7. The van der Waals surface area contributed by atoms with E-state index >= 15 is 0 Å². The van der Waals surface area contributed by atoms with Crippen molar-refractivity contribution in [3.63, 3.8) is 0 Å². The normalized spacial score (nSPS) is 10.8. The van der Waals surface area contributed by atoms with E-state index in [1.165, 1.54) is 23.9 Å². The second-order valence-corrected chi connectivity index (χ2v) is 6.28. The molecule has 0 amide bonds. The summed E-state index contributed by atoms with van der Waals surface area (Å²) in [6.07, 6.45) is 3.62. The molecular weight excluding hydrogens is 351 g/mol. The summed E-state index contributed by atoms with van der Waals surface area (Å²) in [6.45, 7) is 0.506. The number of hydrogen-bond acceptors (Lipinski definition) is 5. The van der Waals surface area contributed by atoms with Gasteiger partial charge in [0.1, 0.15) is 17.4 Å². The van der Waals surface area contributed by atoms with Gasteiger partial charge < -0.3 is 4.74 Å². The summed E-state index contributed by atoms with van der Waals surface area (Å²) in [7, 11) is 0. The summed E-state index contributed by atoms with van der Waals surface area (Å²) in [5.41, 5.74) is 1.49. The van der Waals surface area contributed by atoms with E-state index in [-0.39, 0.29) is 5.82 Å². The van der Waals surface area contributed by atoms with Crippen molar-refractivity contribution in [1.82, 2.24) is 15.2 Å². The first kappa shape index (κ1) is 17.7. The molecule has 1 aromatic heterocycles. The van der Waals surface area contributed by atoms with E-state index in [2.05, 4.69) is 21.3 Å². The molecule has 7 heteroatoms. The Hall–Kier alpha value is -3.11. The van der Waals surface area contributed by atoms with Gasteiger partial charge in [-0.25, -0.2) is 9.37 Å². The van der Waals surface area contributed by atoms with E-state index in [0.717, 1.165) is 11.3 Å². The first-order valence-electron chi connectivity index (χ1n) is 7.85. The first-order valence-corrected chi connectivity index (χ1v) is 8.83. The summed E-state index contributed by atoms with van der Waals surface area (Å²) in [5.74, 6) is 1.79. The van der Waals surface area contributed by atoms with Gasteiger partial charge in [0.25, 0.3) is 0 Å². The fourth-order valence-corrected chi connectivity index (χ4v) is 2.69. The van der Waals surface area contributed by atoms with Crippen LogP contribution in [-0.4, -0.2) is 27.5 Å². The van der Waals surface area contributed by atoms with E-state index in [4.69, 9.17) is 10.00 Å². The molecule has 0 bridgehead atoms. The molecule has 1 heterocycles. The minimum absolute atomic E-state index is 0.260. The van der Waals surface area contributed by atoms with E-state index in [1.54, 1.807) is 42.5 Å². The van der Waals surface area contributed by atoms with Crippen molar-refractivity contribution >= 4 is 23.9 Å². The number of halogens is 1. The molecule has 26 heavy (non-hydrogen) atoms. The average molecular weight is 366 g/mol. The van der Waals surface area contributed by atoms with Crippen LogP contribution in [0.15, 0.2) is 53.7 Å². The fraction of sp³-hybridized carbons (Fsp3) is 0.105. The van der Waals surface area contributed by atoms with Crippen LogP contribution >= 0.6 is 11.8 Å². The van der Waals surface area contributed by atoms with Gasteiger partial charge in [-0.15, -0.1) is 5.10 Å². The van der Waals surface area contributed by atoms with E-state index in [1.807, 2.05) is 6.08 Å². The molecule has 0 aliphatic heterocycles. The Labute approximate surface area is 154 Å². The quantitative estimate of drug-likeness (QED) is 0.502. The number of aromatic nitrogens is 3. The maximum absolute atomic E-state index is 12.9. The van der Waals surface area contributed by atoms with Gasteiger partial charge in [-0.05, 0) is 48.0 Å². The number of nitriles is 1. The predicted molar refractivity (Wildman–Crippen MR) is 99.1 cm³/mol. The minimum Gasteiger partial charge on any atom is -0.493 e. The van der Waals surface area contributed by atoms with Crippen LogP contribution in [0.5, 0.6) is 5.75 Å². The smallest absolute Gasteiger partial charge is 0.208 e. The van der Waals surface area contributed by atoms with Gasteiger partial charge >= 0.3 is 0 Å². The molecule has 3 aromatic rings. The second-order valence-electron chi connectivity index (χ2n) is 5.22. The van der Waals surface area contributed by atoms with Crippen LogP contribution in [0.1, 0.15) is 17.0 Å². The van der Waals surface area contributed by atoms with Gasteiger partial charge in [-0.1, -0.05) is 30.0 Å². The van der Waals surface area contributed by atoms with Crippen LogP contribution in [0.25, 0.3) is 12.2 Å². The van der Waals surface area contributed by atoms with Crippen LogP contribution in [0.3, 0.4) is 0 Å². The van der Waals surface area contributed by atoms with E-state index in [0.29, 0.717) is 28.9 Å². The van der Waals surface area contributed by atoms with Crippen molar-refractivity contribution in [1.29, 1.82) is 5.26 Å². The van der Waals surface area contributed by atoms with Crippen LogP contribution in [0, 0.1) is 17.1 Å². The molecule has 0 saturated carbocycles. The zero-order valence-corrected chi connectivity index (χ0v) is 14.5. The molecule has 1 N–H and O–H groups in total. The van der Waals surface area contributed by atoms with Gasteiger partial charge in [-0.3, -0.25) is 5.10 Å². The Kier molecular flexibility index (Phi) is 6.01. The Morgan fingerprint density at radius 3 is 2.62 bits per heavy atom. The number of hydrogen-bond donors (Lipinski definition) is 1. The summed E-state index contributed by atoms with van der Waals surface area (Å²) in [4.78, 5) is 4.35. The Bertz CT molecular complexity index is 914. The highest BCUT2D eigenvalue weighted by Crippen LogP contribution is 2.16. The van der Waals surface area contributed by atoms with Gasteiger partial charge in [-0.2, -0.15) is 5.26 Å². The zero-order chi connectivity index (χ0) is 18.2. The molecule has 0 spiro atoms. The van der Waals surface area contributed by atoms with Gasteiger partial charge in [0.05, 0.1) is 18.2 Å². The van der Waals surface area contributed by atoms with Crippen LogP contribution < -0.4 is 4.74 Å². The minimum atomic E-state index is -0.260. The molecule has 0 aliphatic rings. The lowest BCUT2D eigenvalue weighted by Crippen LogP contribution is -2.00. The molecule has 2 aromatic carbocycles. The van der Waals surface area contributed by atoms with Crippen molar-refractivity contribution in [2.75, 3.05) is 12.4 Å². The molecule has 130 valence electrons. The third-order valence-electron chi connectivity index (χ3n) is 3.35. The lowest BCUT2D eigenvalue weighted by Gasteiger charge is -2.04. The van der Waals surface area contributed by atoms with Crippen molar-refractivity contribution < 1.29 is 9.13 Å². The number of aromatic amines is 1. The summed E-state index contributed by atoms with van der Waals surface area (Å²) in [5, 5.41) is 16.4. The van der Waals surface area contributed by atoms with Crippen LogP contribution in [0.2, 0.25) is 0 Å². The number of ether oxygens (including phenoxy) is 1. The summed E-state index contributed by atoms with van der Waals surface area (Å²) >= 11 is 1.48. The molecule has 0 saturated heterocycles. The topological polar surface area (TPSA) is 74.6 Å². The largest absolute Gasteiger partial charge is 0.493 e. The number of nitrogens with zero attached hydrogens (tertiary/aromatic N) is 3. The second kappa shape index (κ2) is 8.83. The van der Waals surface area contributed by atoms with Crippen molar-refractivity contribution in [2.24, 2.45) is 0 Å². The lowest BCUT2D eigenvalue weighted by molar-refractivity contribution is 0.344. The SMILES string of the molecule is N#Cc1ccc(OCCSc2n[nH]c(/C=C/c3ccc(F)cc3)n2)cc1. The van der Waals surface area contributed by atoms with Crippen molar-refractivity contribution in [3.05, 3.63) is 71.3 Å². The average Bonchev–Trinajstić information content (AvgIpc) is 3.13. The molecule has 0 aliphatic carbocycles. The molecular formula is C19H15FN4OS. The third kappa shape index (κ3) is 5.19. The molecule has 5 nitrogen and oxygen atoms in total. The number of nitrogens with one attached hydrogen (secondary N) is 1. The highest BCUT2D eigenvalue weighted by atomic mass is 32.2. The fourth-order valence-electron chi connectivity index (χ4n) is 2.06. The molecule has 0 atom stereocenters. The molecule has 0 fully saturated rings. The molecule has 3 rings (SSSR count). The highest BCUT2D eigenvalue weighted by molar-refractivity contribution is 7.99. The van der Waals surface area contributed by atoms with Crippen molar-refractivity contribution in [2.45, 2.75) is 5.16 Å². The molecule has 0 unspecified atom stereocenters. The maximum atomic E-state index is 12.9. The number of H-pyrrole nitrogens is 1.